The average Bonchev–Trinajstić information content (AvgIpc) is 1.67. The van der Waals surface area contributed by atoms with Crippen molar-refractivity contribution in [2.24, 2.45) is 11.7 Å². The standard InChI is InChI=1S/C3H13N5/c1-3(2,6-4)7-8-5/h6-8H,4-5H2,1-2H3. The first-order valence-electron chi connectivity index (χ1n) is 2.33. The predicted molar refractivity (Wildman–Crippen MR) is 31.9 cm³/mol. The van der Waals surface area contributed by atoms with E-state index < -0.39 is 0 Å². The Morgan fingerprint density at radius 3 is 1.88 bits per heavy atom. The minimum atomic E-state index is -0.366. The lowest BCUT2D eigenvalue weighted by Gasteiger charge is -2.23. The summed E-state index contributed by atoms with van der Waals surface area (Å²) in [6.45, 7) is 3.68. The molecule has 5 heteroatoms. The minimum Gasteiger partial charge on any atom is -0.270 e. The van der Waals surface area contributed by atoms with Gasteiger partial charge in [-0.05, 0) is 13.8 Å². The molecule has 0 aromatic carbocycles. The van der Waals surface area contributed by atoms with Crippen LogP contribution in [0.5, 0.6) is 0 Å². The van der Waals surface area contributed by atoms with Crippen LogP contribution in [0.1, 0.15) is 13.8 Å². The van der Waals surface area contributed by atoms with Crippen LogP contribution in [0.3, 0.4) is 0 Å². The average molecular weight is 119 g/mol. The van der Waals surface area contributed by atoms with Gasteiger partial charge in [-0.15, -0.1) is 0 Å². The first kappa shape index (κ1) is 7.80. The second-order valence-corrected chi connectivity index (χ2v) is 2.04. The Labute approximate surface area is 48.7 Å². The zero-order valence-electron chi connectivity index (χ0n) is 5.15. The molecule has 0 saturated carbocycles. The van der Waals surface area contributed by atoms with Gasteiger partial charge in [0.25, 0.3) is 0 Å². The van der Waals surface area contributed by atoms with E-state index in [2.05, 4.69) is 16.4 Å². The van der Waals surface area contributed by atoms with Gasteiger partial charge in [0, 0.05) is 0 Å². The lowest BCUT2D eigenvalue weighted by Crippen LogP contribution is -2.61. The number of nitrogens with one attached hydrogen (secondary N) is 3. The predicted octanol–water partition coefficient (Wildman–Crippen LogP) is -1.85. The van der Waals surface area contributed by atoms with Crippen molar-refractivity contribution in [3.63, 3.8) is 0 Å². The van der Waals surface area contributed by atoms with Crippen molar-refractivity contribution in [1.29, 1.82) is 0 Å². The van der Waals surface area contributed by atoms with E-state index in [1.807, 2.05) is 13.8 Å². The van der Waals surface area contributed by atoms with Crippen LogP contribution in [0.4, 0.5) is 0 Å². The molecule has 0 aliphatic heterocycles. The third-order valence-corrected chi connectivity index (χ3v) is 0.746. The number of rotatable bonds is 3. The van der Waals surface area contributed by atoms with Gasteiger partial charge >= 0.3 is 0 Å². The summed E-state index contributed by atoms with van der Waals surface area (Å²) < 4.78 is 0. The highest BCUT2D eigenvalue weighted by molar-refractivity contribution is 4.65. The molecule has 0 bridgehead atoms. The molecule has 0 amide bonds. The molecule has 0 fully saturated rings. The molecule has 0 aliphatic rings. The summed E-state index contributed by atoms with van der Waals surface area (Å²) in [4.78, 5) is 0. The number of nitrogens with two attached hydrogens (primary N) is 2. The molecule has 0 radical (unpaired) electrons. The van der Waals surface area contributed by atoms with Crippen LogP contribution in [-0.2, 0) is 0 Å². The van der Waals surface area contributed by atoms with E-state index in [9.17, 15) is 0 Å². The van der Waals surface area contributed by atoms with Crippen molar-refractivity contribution >= 4 is 0 Å². The maximum Gasteiger partial charge on any atom is 0.0896 e. The third kappa shape index (κ3) is 2.89. The summed E-state index contributed by atoms with van der Waals surface area (Å²) in [5.41, 5.74) is 7.05. The molecule has 50 valence electrons. The maximum absolute atomic E-state index is 5.08. The van der Waals surface area contributed by atoms with E-state index in [1.165, 1.54) is 0 Å². The van der Waals surface area contributed by atoms with Crippen molar-refractivity contribution in [2.75, 3.05) is 0 Å². The topological polar surface area (TPSA) is 88.1 Å². The maximum atomic E-state index is 5.08. The quantitative estimate of drug-likeness (QED) is 0.171. The van der Waals surface area contributed by atoms with E-state index in [1.54, 1.807) is 0 Å². The van der Waals surface area contributed by atoms with Gasteiger partial charge in [0.1, 0.15) is 0 Å². The van der Waals surface area contributed by atoms with Gasteiger partial charge in [-0.1, -0.05) is 0 Å². The van der Waals surface area contributed by atoms with Crippen molar-refractivity contribution < 1.29 is 0 Å². The summed E-state index contributed by atoms with van der Waals surface area (Å²) in [5.74, 6) is 10.0. The molecule has 0 unspecified atom stereocenters. The van der Waals surface area contributed by atoms with Crippen LogP contribution < -0.4 is 28.1 Å². The largest absolute Gasteiger partial charge is 0.270 e. The van der Waals surface area contributed by atoms with Crippen LogP contribution in [0.15, 0.2) is 0 Å². The Morgan fingerprint density at radius 1 is 1.25 bits per heavy atom. The molecule has 0 aromatic heterocycles. The first-order chi connectivity index (χ1) is 3.62. The molecule has 0 aromatic rings. The van der Waals surface area contributed by atoms with E-state index in [0.29, 0.717) is 0 Å². The molecule has 0 saturated heterocycles. The fourth-order valence-corrected chi connectivity index (χ4v) is 0.217. The number of hydrogen-bond acceptors (Lipinski definition) is 5. The van der Waals surface area contributed by atoms with Gasteiger partial charge in [0.2, 0.25) is 0 Å². The zero-order valence-corrected chi connectivity index (χ0v) is 5.15. The van der Waals surface area contributed by atoms with Gasteiger partial charge < -0.3 is 0 Å². The van der Waals surface area contributed by atoms with Crippen LogP contribution in [0, 0.1) is 0 Å². The zero-order chi connectivity index (χ0) is 6.62. The molecule has 0 rings (SSSR count). The fraction of sp³-hybridized carbons (Fsp3) is 1.00. The van der Waals surface area contributed by atoms with Crippen molar-refractivity contribution in [3.8, 4) is 0 Å². The highest BCUT2D eigenvalue weighted by Gasteiger charge is 2.11. The van der Waals surface area contributed by atoms with Crippen molar-refractivity contribution in [2.45, 2.75) is 19.5 Å². The summed E-state index contributed by atoms with van der Waals surface area (Å²) in [6.07, 6.45) is 0. The van der Waals surface area contributed by atoms with Crippen LogP contribution in [0.25, 0.3) is 0 Å². The highest BCUT2D eigenvalue weighted by Crippen LogP contribution is 1.87. The summed E-state index contributed by atoms with van der Waals surface area (Å²) >= 11 is 0. The molecular formula is C3H13N5. The number of hydrogen-bond donors (Lipinski definition) is 5. The monoisotopic (exact) mass is 119 g/mol. The Hall–Kier alpha value is -0.200. The van der Waals surface area contributed by atoms with E-state index in [4.69, 9.17) is 11.7 Å². The second kappa shape index (κ2) is 2.95. The Balaban J connectivity index is 3.37. The Bertz CT molecular complexity index is 60.7. The Kier molecular flexibility index (Phi) is 2.88. The highest BCUT2D eigenvalue weighted by atomic mass is 15.6. The molecule has 0 spiro atoms. The summed E-state index contributed by atoms with van der Waals surface area (Å²) in [5, 5.41) is 0. The normalized spacial score (nSPS) is 12.0. The van der Waals surface area contributed by atoms with Crippen molar-refractivity contribution in [1.82, 2.24) is 16.4 Å². The second-order valence-electron chi connectivity index (χ2n) is 2.04. The van der Waals surface area contributed by atoms with Gasteiger partial charge in [0.15, 0.2) is 0 Å². The van der Waals surface area contributed by atoms with Gasteiger partial charge in [-0.3, -0.25) is 11.7 Å². The van der Waals surface area contributed by atoms with Crippen LogP contribution >= 0.6 is 0 Å². The molecule has 7 N–H and O–H groups in total. The minimum absolute atomic E-state index is 0.366. The van der Waals surface area contributed by atoms with E-state index in [0.717, 1.165) is 0 Å². The molecule has 0 atom stereocenters. The molecule has 8 heavy (non-hydrogen) atoms. The fourth-order valence-electron chi connectivity index (χ4n) is 0.217. The Morgan fingerprint density at radius 2 is 1.75 bits per heavy atom. The van der Waals surface area contributed by atoms with Gasteiger partial charge in [-0.2, -0.15) is 5.53 Å². The molecule has 0 aliphatic carbocycles. The number of hydrazine groups is 3. The SMILES string of the molecule is CC(C)(NN)NNN. The summed E-state index contributed by atoms with van der Waals surface area (Å²) in [7, 11) is 0. The van der Waals surface area contributed by atoms with Crippen molar-refractivity contribution in [3.05, 3.63) is 0 Å². The summed E-state index contributed by atoms with van der Waals surface area (Å²) in [6, 6.07) is 0. The molecular weight excluding hydrogens is 106 g/mol. The third-order valence-electron chi connectivity index (χ3n) is 0.746. The van der Waals surface area contributed by atoms with Gasteiger partial charge in [0.05, 0.1) is 5.66 Å². The van der Waals surface area contributed by atoms with Gasteiger partial charge in [-0.25, -0.2) is 10.9 Å². The molecule has 5 nitrogen and oxygen atoms in total. The van der Waals surface area contributed by atoms with Crippen LogP contribution in [0.2, 0.25) is 0 Å². The smallest absolute Gasteiger partial charge is 0.0896 e. The van der Waals surface area contributed by atoms with Crippen LogP contribution in [-0.4, -0.2) is 5.66 Å². The van der Waals surface area contributed by atoms with E-state index >= 15 is 0 Å². The lowest BCUT2D eigenvalue weighted by molar-refractivity contribution is 0.275. The lowest BCUT2D eigenvalue weighted by atomic mass is 10.3. The first-order valence-corrected chi connectivity index (χ1v) is 2.33. The van der Waals surface area contributed by atoms with E-state index in [-0.39, 0.29) is 5.66 Å². The molecule has 0 heterocycles.